The fraction of sp³-hybridized carbons (Fsp3) is 0.148. The molecule has 1 fully saturated rings. The molecule has 5 rings (SSSR count). The first kappa shape index (κ1) is 23.4. The Balaban J connectivity index is 1.70. The number of carbonyl (C=O) groups excluding carboxylic acids is 2. The molecule has 0 aliphatic carbocycles. The van der Waals surface area contributed by atoms with Crippen molar-refractivity contribution in [3.63, 3.8) is 0 Å². The van der Waals surface area contributed by atoms with E-state index in [1.807, 2.05) is 13.0 Å². The summed E-state index contributed by atoms with van der Waals surface area (Å²) in [5, 5.41) is 21.7. The molecule has 0 bridgehead atoms. The van der Waals surface area contributed by atoms with Crippen LogP contribution in [0, 0.1) is 0 Å². The molecule has 9 heteroatoms. The third kappa shape index (κ3) is 4.03. The van der Waals surface area contributed by atoms with E-state index in [0.29, 0.717) is 39.9 Å². The summed E-state index contributed by atoms with van der Waals surface area (Å²) in [7, 11) is 1.49. The monoisotopic (exact) mass is 502 g/mol. The van der Waals surface area contributed by atoms with Crippen molar-refractivity contribution in [2.24, 2.45) is 0 Å². The van der Waals surface area contributed by atoms with Gasteiger partial charge in [0.15, 0.2) is 5.13 Å². The van der Waals surface area contributed by atoms with Gasteiger partial charge >= 0.3 is 5.91 Å². The van der Waals surface area contributed by atoms with E-state index in [9.17, 15) is 19.8 Å². The normalized spacial score (nSPS) is 17.1. The summed E-state index contributed by atoms with van der Waals surface area (Å²) in [6.07, 6.45) is 0. The molecule has 182 valence electrons. The average Bonchev–Trinajstić information content (AvgIpc) is 3.41. The van der Waals surface area contributed by atoms with Crippen LogP contribution in [0.2, 0.25) is 0 Å². The molecule has 1 aromatic heterocycles. The number of hydrogen-bond donors (Lipinski definition) is 2. The van der Waals surface area contributed by atoms with Crippen LogP contribution in [0.25, 0.3) is 16.0 Å². The molecule has 0 radical (unpaired) electrons. The highest BCUT2D eigenvalue weighted by Crippen LogP contribution is 2.45. The first-order chi connectivity index (χ1) is 17.4. The Morgan fingerprint density at radius 1 is 1.06 bits per heavy atom. The second-order valence-electron chi connectivity index (χ2n) is 8.06. The molecule has 1 saturated heterocycles. The van der Waals surface area contributed by atoms with Crippen LogP contribution < -0.4 is 14.4 Å². The predicted molar refractivity (Wildman–Crippen MR) is 137 cm³/mol. The summed E-state index contributed by atoms with van der Waals surface area (Å²) >= 11 is 1.23. The number of rotatable bonds is 6. The number of nitrogens with zero attached hydrogens (tertiary/aromatic N) is 2. The average molecular weight is 503 g/mol. The summed E-state index contributed by atoms with van der Waals surface area (Å²) in [6.45, 7) is 2.40. The number of amides is 1. The van der Waals surface area contributed by atoms with Gasteiger partial charge < -0.3 is 19.7 Å². The van der Waals surface area contributed by atoms with Crippen molar-refractivity contribution in [1.29, 1.82) is 0 Å². The Hall–Kier alpha value is -4.37. The third-order valence-corrected chi connectivity index (χ3v) is 6.86. The number of hydrogen-bond acceptors (Lipinski definition) is 8. The van der Waals surface area contributed by atoms with Crippen LogP contribution in [0.5, 0.6) is 17.2 Å². The zero-order chi connectivity index (χ0) is 25.4. The molecule has 1 atom stereocenters. The maximum absolute atomic E-state index is 13.4. The van der Waals surface area contributed by atoms with Crippen LogP contribution in [0.1, 0.15) is 24.1 Å². The van der Waals surface area contributed by atoms with Crippen LogP contribution in [0.4, 0.5) is 5.13 Å². The Labute approximate surface area is 210 Å². The molecule has 36 heavy (non-hydrogen) atoms. The third-order valence-electron chi connectivity index (χ3n) is 5.84. The molecule has 8 nitrogen and oxygen atoms in total. The van der Waals surface area contributed by atoms with E-state index in [4.69, 9.17) is 9.47 Å². The van der Waals surface area contributed by atoms with Crippen LogP contribution in [0.3, 0.4) is 0 Å². The van der Waals surface area contributed by atoms with Crippen molar-refractivity contribution in [1.82, 2.24) is 4.98 Å². The number of methoxy groups -OCH3 is 1. The van der Waals surface area contributed by atoms with Crippen molar-refractivity contribution in [3.05, 3.63) is 83.4 Å². The van der Waals surface area contributed by atoms with Gasteiger partial charge in [-0.15, -0.1) is 0 Å². The van der Waals surface area contributed by atoms with E-state index in [2.05, 4.69) is 4.98 Å². The molecule has 0 spiro atoms. The van der Waals surface area contributed by atoms with E-state index in [-0.39, 0.29) is 17.1 Å². The molecule has 1 aliphatic heterocycles. The maximum Gasteiger partial charge on any atom is 0.301 e. The van der Waals surface area contributed by atoms with Crippen molar-refractivity contribution in [3.8, 4) is 17.2 Å². The molecule has 1 amide bonds. The Bertz CT molecular complexity index is 1530. The number of aromatic hydroxyl groups is 1. The number of Topliss-reactive ketones (excluding diaryl/α,β-unsaturated/α-hetero) is 1. The highest BCUT2D eigenvalue weighted by atomic mass is 32.1. The van der Waals surface area contributed by atoms with Gasteiger partial charge in [-0.1, -0.05) is 35.6 Å². The van der Waals surface area contributed by atoms with Gasteiger partial charge in [-0.05, 0) is 55.0 Å². The standard InChI is InChI=1S/C27H22N2O6S/c1-3-35-19-10-11-20-21(14-19)36-27(28-20)29-23(15-6-4-8-17(30)12-15)22(25(32)26(29)33)24(31)16-7-5-9-18(13-16)34-2/h4-14,23,30-31H,3H2,1-2H3/b24-22+. The number of benzene rings is 3. The number of ketones is 1. The largest absolute Gasteiger partial charge is 0.508 e. The van der Waals surface area contributed by atoms with E-state index in [1.165, 1.54) is 35.5 Å². The van der Waals surface area contributed by atoms with Gasteiger partial charge in [0.05, 0.1) is 35.5 Å². The predicted octanol–water partition coefficient (Wildman–Crippen LogP) is 5.04. The molecule has 2 heterocycles. The number of phenolic OH excluding ortho intramolecular Hbond substituents is 1. The number of thiazole rings is 1. The number of aliphatic hydroxyl groups is 1. The summed E-state index contributed by atoms with van der Waals surface area (Å²) in [4.78, 5) is 32.6. The lowest BCUT2D eigenvalue weighted by Crippen LogP contribution is -2.29. The van der Waals surface area contributed by atoms with Crippen molar-refractivity contribution >= 4 is 44.1 Å². The molecule has 2 N–H and O–H groups in total. The summed E-state index contributed by atoms with van der Waals surface area (Å²) in [5.41, 5.74) is 1.31. The van der Waals surface area contributed by atoms with E-state index < -0.39 is 17.7 Å². The number of aliphatic hydroxyl groups excluding tert-OH is 1. The minimum absolute atomic E-state index is 0.0369. The second kappa shape index (κ2) is 9.35. The summed E-state index contributed by atoms with van der Waals surface area (Å²) < 4.78 is 11.6. The van der Waals surface area contributed by atoms with Gasteiger partial charge in [0.1, 0.15) is 23.0 Å². The SMILES string of the molecule is CCOc1ccc2nc(N3C(=O)C(=O)/C(=C(/O)c4cccc(OC)c4)C3c3cccc(O)c3)sc2c1. The molecular formula is C27H22N2O6S. The Kier molecular flexibility index (Phi) is 6.07. The first-order valence-corrected chi connectivity index (χ1v) is 12.0. The van der Waals surface area contributed by atoms with E-state index in [0.717, 1.165) is 4.70 Å². The topological polar surface area (TPSA) is 109 Å². The molecule has 4 aromatic rings. The Morgan fingerprint density at radius 3 is 2.61 bits per heavy atom. The quantitative estimate of drug-likeness (QED) is 0.216. The van der Waals surface area contributed by atoms with Gasteiger partial charge in [0, 0.05) is 5.56 Å². The molecule has 1 aliphatic rings. The zero-order valence-electron chi connectivity index (χ0n) is 19.5. The lowest BCUT2D eigenvalue weighted by Gasteiger charge is -2.23. The van der Waals surface area contributed by atoms with Crippen LogP contribution >= 0.6 is 11.3 Å². The van der Waals surface area contributed by atoms with Gasteiger partial charge in [0.25, 0.3) is 5.78 Å². The summed E-state index contributed by atoms with van der Waals surface area (Å²) in [5.74, 6) is -0.897. The van der Waals surface area contributed by atoms with Crippen LogP contribution in [-0.2, 0) is 9.59 Å². The van der Waals surface area contributed by atoms with Crippen LogP contribution in [-0.4, -0.2) is 40.6 Å². The smallest absolute Gasteiger partial charge is 0.301 e. The molecule has 3 aromatic carbocycles. The number of ether oxygens (including phenoxy) is 2. The Morgan fingerprint density at radius 2 is 1.86 bits per heavy atom. The number of anilines is 1. The first-order valence-electron chi connectivity index (χ1n) is 11.2. The number of aromatic nitrogens is 1. The lowest BCUT2D eigenvalue weighted by atomic mass is 9.95. The van der Waals surface area contributed by atoms with Crippen molar-refractivity contribution in [2.45, 2.75) is 13.0 Å². The van der Waals surface area contributed by atoms with Crippen molar-refractivity contribution in [2.75, 3.05) is 18.6 Å². The molecule has 0 saturated carbocycles. The number of phenols is 1. The zero-order valence-corrected chi connectivity index (χ0v) is 20.3. The van der Waals surface area contributed by atoms with Crippen molar-refractivity contribution < 1.29 is 29.3 Å². The lowest BCUT2D eigenvalue weighted by molar-refractivity contribution is -0.132. The minimum Gasteiger partial charge on any atom is -0.508 e. The van der Waals surface area contributed by atoms with Gasteiger partial charge in [0.2, 0.25) is 0 Å². The number of fused-ring (bicyclic) bond motifs is 1. The number of carbonyl (C=O) groups is 2. The second-order valence-corrected chi connectivity index (χ2v) is 9.06. The molecule has 1 unspecified atom stereocenters. The minimum atomic E-state index is -1.00. The van der Waals surface area contributed by atoms with Gasteiger partial charge in [-0.2, -0.15) is 0 Å². The maximum atomic E-state index is 13.4. The van der Waals surface area contributed by atoms with E-state index in [1.54, 1.807) is 48.5 Å². The highest BCUT2D eigenvalue weighted by Gasteiger charge is 2.48. The van der Waals surface area contributed by atoms with Gasteiger partial charge in [-0.25, -0.2) is 4.98 Å². The molecular weight excluding hydrogens is 480 g/mol. The van der Waals surface area contributed by atoms with Crippen LogP contribution in [0.15, 0.2) is 72.3 Å². The fourth-order valence-corrected chi connectivity index (χ4v) is 5.24. The fourth-order valence-electron chi connectivity index (χ4n) is 4.22. The van der Waals surface area contributed by atoms with E-state index >= 15 is 0 Å². The summed E-state index contributed by atoms with van der Waals surface area (Å²) in [6, 6.07) is 17.2. The van der Waals surface area contributed by atoms with Gasteiger partial charge in [-0.3, -0.25) is 14.5 Å². The highest BCUT2D eigenvalue weighted by molar-refractivity contribution is 7.22.